The molecule has 7 nitrogen and oxygen atoms in total. The van der Waals surface area contributed by atoms with Crippen molar-refractivity contribution in [3.8, 4) is 0 Å². The lowest BCUT2D eigenvalue weighted by Gasteiger charge is -2.14. The fraction of sp³-hybridized carbons (Fsp3) is 0.158. The van der Waals surface area contributed by atoms with E-state index in [1.54, 1.807) is 30.3 Å². The number of hydrogen-bond donors (Lipinski definition) is 3. The molecule has 2 aromatic heterocycles. The molecule has 0 radical (unpaired) electrons. The minimum atomic E-state index is -4.66. The summed E-state index contributed by atoms with van der Waals surface area (Å²) in [6, 6.07) is 9.22. The lowest BCUT2D eigenvalue weighted by atomic mass is 10.2. The predicted molar refractivity (Wildman–Crippen MR) is 105 cm³/mol. The smallest absolute Gasteiger partial charge is 0.433 e. The second-order valence-electron chi connectivity index (χ2n) is 5.90. The molecule has 1 aromatic carbocycles. The zero-order valence-electron chi connectivity index (χ0n) is 15.7. The predicted octanol–water partition coefficient (Wildman–Crippen LogP) is 4.42. The van der Waals surface area contributed by atoms with Gasteiger partial charge in [0.15, 0.2) is 5.69 Å². The Morgan fingerprint density at radius 2 is 1.87 bits per heavy atom. The second-order valence-corrected chi connectivity index (χ2v) is 6.33. The molecule has 0 fully saturated rings. The Kier molecular flexibility index (Phi) is 8.64. The third kappa shape index (κ3) is 7.79. The van der Waals surface area contributed by atoms with Gasteiger partial charge >= 0.3 is 6.18 Å². The fourth-order valence-electron chi connectivity index (χ4n) is 2.43. The number of rotatable bonds is 6. The number of halogens is 5. The monoisotopic (exact) mass is 457 g/mol. The van der Waals surface area contributed by atoms with Gasteiger partial charge in [-0.25, -0.2) is 15.0 Å². The lowest BCUT2D eigenvalue weighted by molar-refractivity contribution is -0.141. The number of benzene rings is 1. The zero-order valence-corrected chi connectivity index (χ0v) is 16.5. The van der Waals surface area contributed by atoms with Gasteiger partial charge in [0, 0.05) is 41.8 Å². The fourth-order valence-corrected chi connectivity index (χ4v) is 2.62. The number of anilines is 2. The summed E-state index contributed by atoms with van der Waals surface area (Å²) in [6.07, 6.45) is -2.27. The van der Waals surface area contributed by atoms with Gasteiger partial charge < -0.3 is 15.7 Å². The molecule has 3 rings (SSSR count). The summed E-state index contributed by atoms with van der Waals surface area (Å²) in [7, 11) is 0. The number of alkyl halides is 3. The van der Waals surface area contributed by atoms with Gasteiger partial charge in [0.2, 0.25) is 11.9 Å². The molecular formula is C19H16ClF4N5O2. The molecule has 0 spiro atoms. The third-order valence-corrected chi connectivity index (χ3v) is 3.88. The molecule has 0 bridgehead atoms. The quantitative estimate of drug-likeness (QED) is 0.286. The van der Waals surface area contributed by atoms with Crippen LogP contribution in [-0.2, 0) is 24.1 Å². The lowest BCUT2D eigenvalue weighted by Crippen LogP contribution is -2.20. The van der Waals surface area contributed by atoms with Crippen LogP contribution in [0.3, 0.4) is 0 Å². The van der Waals surface area contributed by atoms with Gasteiger partial charge in [0.25, 0.3) is 6.47 Å². The molecule has 0 saturated carbocycles. The molecule has 3 N–H and O–H groups in total. The molecule has 0 amide bonds. The molecule has 0 aliphatic carbocycles. The standard InChI is InChI=1S/C18H14ClF4N5.CH2O2/c19-13-2-1-3-14(7-13)27-17-26-10-12(16(28-17)18(21,22)23)9-24-8-11-4-5-25-15(20)6-11;2-1-3/h1-7,10,24H,8-9H2,(H,26,27,28);1H,(H,2,3). The van der Waals surface area contributed by atoms with Crippen LogP contribution in [0.15, 0.2) is 48.8 Å². The van der Waals surface area contributed by atoms with Crippen molar-refractivity contribution in [1.82, 2.24) is 20.3 Å². The molecule has 31 heavy (non-hydrogen) atoms. The Hall–Kier alpha value is -3.31. The van der Waals surface area contributed by atoms with Crippen molar-refractivity contribution in [2.24, 2.45) is 0 Å². The molecule has 3 aromatic rings. The topological polar surface area (TPSA) is 100 Å². The van der Waals surface area contributed by atoms with Crippen LogP contribution in [0.25, 0.3) is 0 Å². The average molecular weight is 458 g/mol. The zero-order chi connectivity index (χ0) is 22.9. The minimum Gasteiger partial charge on any atom is -0.483 e. The van der Waals surface area contributed by atoms with Crippen molar-refractivity contribution in [1.29, 1.82) is 0 Å². The second kappa shape index (κ2) is 11.2. The largest absolute Gasteiger partial charge is 0.483 e. The van der Waals surface area contributed by atoms with Gasteiger partial charge in [-0.2, -0.15) is 17.6 Å². The molecule has 12 heteroatoms. The summed E-state index contributed by atoms with van der Waals surface area (Å²) in [5, 5.41) is 12.8. The molecule has 0 atom stereocenters. The van der Waals surface area contributed by atoms with E-state index in [1.807, 2.05) is 0 Å². The first-order valence-electron chi connectivity index (χ1n) is 8.57. The summed E-state index contributed by atoms with van der Waals surface area (Å²) in [5.41, 5.74) is -0.161. The van der Waals surface area contributed by atoms with Crippen molar-refractivity contribution < 1.29 is 27.5 Å². The van der Waals surface area contributed by atoms with Gasteiger partial charge in [-0.1, -0.05) is 17.7 Å². The molecule has 164 valence electrons. The highest BCUT2D eigenvalue weighted by atomic mass is 35.5. The normalized spacial score (nSPS) is 10.7. The first kappa shape index (κ1) is 24.0. The Morgan fingerprint density at radius 3 is 2.52 bits per heavy atom. The van der Waals surface area contributed by atoms with Crippen LogP contribution in [0.4, 0.5) is 29.2 Å². The summed E-state index contributed by atoms with van der Waals surface area (Å²) in [5.74, 6) is -0.857. The van der Waals surface area contributed by atoms with Crippen LogP contribution in [0.5, 0.6) is 0 Å². The highest BCUT2D eigenvalue weighted by molar-refractivity contribution is 6.30. The molecule has 0 aliphatic heterocycles. The summed E-state index contributed by atoms with van der Waals surface area (Å²) >= 11 is 5.86. The van der Waals surface area contributed by atoms with Crippen molar-refractivity contribution >= 4 is 29.7 Å². The van der Waals surface area contributed by atoms with Crippen LogP contribution >= 0.6 is 11.6 Å². The van der Waals surface area contributed by atoms with Gasteiger partial charge in [0.05, 0.1) is 0 Å². The Balaban J connectivity index is 0.00000107. The Morgan fingerprint density at radius 1 is 1.13 bits per heavy atom. The van der Waals surface area contributed by atoms with Crippen molar-refractivity contribution in [3.05, 3.63) is 76.6 Å². The van der Waals surface area contributed by atoms with Crippen LogP contribution in [0, 0.1) is 5.95 Å². The highest BCUT2D eigenvalue weighted by Gasteiger charge is 2.36. The number of nitrogens with one attached hydrogen (secondary N) is 2. The maximum absolute atomic E-state index is 13.4. The van der Waals surface area contributed by atoms with Gasteiger partial charge in [-0.15, -0.1) is 0 Å². The number of aromatic nitrogens is 3. The van der Waals surface area contributed by atoms with Crippen molar-refractivity contribution in [2.75, 3.05) is 5.32 Å². The first-order chi connectivity index (χ1) is 14.7. The van der Waals surface area contributed by atoms with Gasteiger partial charge in [-0.3, -0.25) is 4.79 Å². The summed E-state index contributed by atoms with van der Waals surface area (Å²) in [4.78, 5) is 19.3. The van der Waals surface area contributed by atoms with Crippen LogP contribution in [-0.4, -0.2) is 26.5 Å². The van der Waals surface area contributed by atoms with E-state index in [0.717, 1.165) is 6.20 Å². The third-order valence-electron chi connectivity index (χ3n) is 3.65. The van der Waals surface area contributed by atoms with E-state index in [0.29, 0.717) is 16.3 Å². The molecule has 2 heterocycles. The van der Waals surface area contributed by atoms with Crippen LogP contribution in [0.1, 0.15) is 16.8 Å². The van der Waals surface area contributed by atoms with E-state index >= 15 is 0 Å². The summed E-state index contributed by atoms with van der Waals surface area (Å²) < 4.78 is 53.3. The van der Waals surface area contributed by atoms with E-state index < -0.39 is 17.8 Å². The number of carboxylic acid groups (broad SMARTS) is 1. The highest BCUT2D eigenvalue weighted by Crippen LogP contribution is 2.31. The number of carbonyl (C=O) groups is 1. The van der Waals surface area contributed by atoms with Crippen LogP contribution in [0.2, 0.25) is 5.02 Å². The SMILES string of the molecule is Fc1cc(CNCc2cnc(Nc3cccc(Cl)c3)nc2C(F)(F)F)ccn1.O=CO. The molecular weight excluding hydrogens is 442 g/mol. The number of nitrogens with zero attached hydrogens (tertiary/aromatic N) is 3. The average Bonchev–Trinajstić information content (AvgIpc) is 2.69. The van der Waals surface area contributed by atoms with Crippen molar-refractivity contribution in [3.63, 3.8) is 0 Å². The molecule has 0 aliphatic rings. The van der Waals surface area contributed by atoms with Gasteiger partial charge in [0.1, 0.15) is 0 Å². The molecule has 0 unspecified atom stereocenters. The van der Waals surface area contributed by atoms with E-state index in [1.165, 1.54) is 12.3 Å². The van der Waals surface area contributed by atoms with E-state index in [2.05, 4.69) is 25.6 Å². The first-order valence-corrected chi connectivity index (χ1v) is 8.95. The van der Waals surface area contributed by atoms with E-state index in [4.69, 9.17) is 21.5 Å². The number of pyridine rings is 1. The van der Waals surface area contributed by atoms with Crippen LogP contribution < -0.4 is 10.6 Å². The Bertz CT molecular complexity index is 1020. The van der Waals surface area contributed by atoms with Gasteiger partial charge in [-0.05, 0) is 35.9 Å². The minimum absolute atomic E-state index is 0.126. The number of hydrogen-bond acceptors (Lipinski definition) is 6. The maximum Gasteiger partial charge on any atom is 0.433 e. The van der Waals surface area contributed by atoms with E-state index in [9.17, 15) is 17.6 Å². The Labute approximate surface area is 179 Å². The summed E-state index contributed by atoms with van der Waals surface area (Å²) in [6.45, 7) is -0.227. The van der Waals surface area contributed by atoms with Crippen molar-refractivity contribution in [2.45, 2.75) is 19.3 Å². The molecule has 0 saturated heterocycles. The van der Waals surface area contributed by atoms with E-state index in [-0.39, 0.29) is 31.1 Å². The maximum atomic E-state index is 13.4.